The summed E-state index contributed by atoms with van der Waals surface area (Å²) in [6.45, 7) is 0. The van der Waals surface area contributed by atoms with Gasteiger partial charge in [0.2, 0.25) is 0 Å². The first-order chi connectivity index (χ1) is 11.6. The maximum atomic E-state index is 10.3. The fourth-order valence-electron chi connectivity index (χ4n) is 1.43. The summed E-state index contributed by atoms with van der Waals surface area (Å²) in [4.78, 5) is 61.0. The van der Waals surface area contributed by atoms with Crippen LogP contribution in [0.1, 0.15) is 25.7 Å². The Morgan fingerprint density at radius 1 is 0.438 bits per heavy atom. The summed E-state index contributed by atoms with van der Waals surface area (Å²) in [6.07, 6.45) is -4.58. The van der Waals surface area contributed by atoms with Crippen LogP contribution >= 0.6 is 0 Å². The van der Waals surface area contributed by atoms with Crippen LogP contribution in [0.4, 0.5) is 0 Å². The van der Waals surface area contributed by atoms with Gasteiger partial charge in [-0.15, -0.1) is 0 Å². The number of carboxylic acid groups (broad SMARTS) is 6. The van der Waals surface area contributed by atoms with Crippen LogP contribution in [0.15, 0.2) is 0 Å². The van der Waals surface area contributed by atoms with E-state index < -0.39 is 72.7 Å². The van der Waals surface area contributed by atoms with Crippen LogP contribution in [-0.4, -0.2) is 371 Å². The van der Waals surface area contributed by atoms with Crippen molar-refractivity contribution in [3.05, 3.63) is 0 Å². The number of carboxylic acids is 6. The van der Waals surface area contributed by atoms with Gasteiger partial charge in [-0.05, 0) is 0 Å². The normalized spacial score (nSPS) is 8.81. The Hall–Kier alpha value is 5.80. The zero-order valence-electron chi connectivity index (χ0n) is 18.3. The van der Waals surface area contributed by atoms with Crippen LogP contribution in [0, 0.1) is 0 Å². The molecule has 0 aliphatic rings. The minimum atomic E-state index is -2.74. The maximum Gasteiger partial charge on any atom is 0.336 e. The van der Waals surface area contributed by atoms with Crippen molar-refractivity contribution in [3.63, 3.8) is 0 Å². The molecule has 0 aliphatic carbocycles. The molecule has 0 fully saturated rings. The van der Waals surface area contributed by atoms with Gasteiger partial charge in [0.05, 0.1) is 25.7 Å². The summed E-state index contributed by atoms with van der Waals surface area (Å²) < 4.78 is 0. The van der Waals surface area contributed by atoms with Gasteiger partial charge < -0.3 is 40.9 Å². The predicted octanol–water partition coefficient (Wildman–Crippen LogP) is -4.78. The molecule has 0 amide bonds. The van der Waals surface area contributed by atoms with Crippen molar-refractivity contribution in [2.24, 2.45) is 0 Å². The number of aliphatic carboxylic acids is 6. The summed E-state index contributed by atoms with van der Waals surface area (Å²) in [6, 6.07) is 0. The van der Waals surface area contributed by atoms with Gasteiger partial charge in [-0.2, -0.15) is 0 Å². The Kier molecular flexibility index (Phi) is 53.6. The van der Waals surface area contributed by atoms with Crippen molar-refractivity contribution in [1.82, 2.24) is 0 Å². The number of carbonyl (C=O) groups is 6. The van der Waals surface area contributed by atoms with E-state index in [9.17, 15) is 28.8 Å². The second-order valence-electron chi connectivity index (χ2n) is 4.96. The number of hydrogen-bond donors (Lipinski definition) is 8. The molecule has 0 bridgehead atoms. The molecule has 0 aliphatic heterocycles. The van der Waals surface area contributed by atoms with Crippen LogP contribution in [-0.2, 0) is 28.8 Å². The molecule has 0 aromatic heterocycles. The van der Waals surface area contributed by atoms with E-state index in [1.54, 1.807) is 0 Å². The molecular formula is C12H16BiK5O14. The van der Waals surface area contributed by atoms with Gasteiger partial charge >= 0.3 is 35.8 Å². The minimum absolute atomic E-state index is 0. The van der Waals surface area contributed by atoms with Gasteiger partial charge in [-0.3, -0.25) is 19.2 Å². The summed E-state index contributed by atoms with van der Waals surface area (Å²) in [7, 11) is 0. The first-order valence-corrected chi connectivity index (χ1v) is 6.34. The summed E-state index contributed by atoms with van der Waals surface area (Å²) in [5.74, 6) is -10.0. The molecule has 0 saturated carbocycles. The molecule has 20 heteroatoms. The molecule has 0 rings (SSSR count). The van der Waals surface area contributed by atoms with E-state index >= 15 is 0 Å². The Bertz CT molecular complexity index is 533. The van der Waals surface area contributed by atoms with Crippen molar-refractivity contribution in [2.75, 3.05) is 0 Å². The number of rotatable bonds is 10. The zero-order chi connectivity index (χ0) is 21.3. The summed E-state index contributed by atoms with van der Waals surface area (Å²) in [5, 5.41) is 67.6. The average Bonchev–Trinajstić information content (AvgIpc) is 2.34. The molecule has 0 unspecified atom stereocenters. The SMILES string of the molecule is O=C(O)CC(O)(CC(=O)O)C(=O)O.O=C(O)CC(O)(CC(=O)O)C(=O)O.[Bi].[K].[K].[K].[K].[K]. The van der Waals surface area contributed by atoms with Gasteiger partial charge in [0.1, 0.15) is 0 Å². The van der Waals surface area contributed by atoms with Gasteiger partial charge in [0, 0.05) is 283 Å². The molecule has 0 aromatic carbocycles. The number of aliphatic hydroxyl groups is 2. The van der Waals surface area contributed by atoms with Crippen LogP contribution in [0.25, 0.3) is 0 Å². The van der Waals surface area contributed by atoms with Crippen molar-refractivity contribution in [2.45, 2.75) is 36.9 Å². The third-order valence-corrected chi connectivity index (χ3v) is 2.57. The summed E-state index contributed by atoms with van der Waals surface area (Å²) in [5.41, 5.74) is -5.48. The predicted molar refractivity (Wildman–Crippen MR) is 109 cm³/mol. The zero-order valence-corrected chi connectivity index (χ0v) is 37.4. The van der Waals surface area contributed by atoms with Crippen LogP contribution in [0.2, 0.25) is 0 Å². The van der Waals surface area contributed by atoms with Gasteiger partial charge in [-0.1, -0.05) is 0 Å². The molecule has 0 atom stereocenters. The van der Waals surface area contributed by atoms with Crippen molar-refractivity contribution >= 4 is 319 Å². The fraction of sp³-hybridized carbons (Fsp3) is 0.500. The Morgan fingerprint density at radius 3 is 0.625 bits per heavy atom. The first-order valence-electron chi connectivity index (χ1n) is 6.34. The quantitative estimate of drug-likeness (QED) is 0.0967. The molecule has 8 N–H and O–H groups in total. The molecular weight excluding hydrogens is 773 g/mol. The largest absolute Gasteiger partial charge is 0.481 e. The van der Waals surface area contributed by atoms with E-state index in [0.717, 1.165) is 0 Å². The van der Waals surface area contributed by atoms with E-state index in [0.29, 0.717) is 0 Å². The van der Waals surface area contributed by atoms with Crippen LogP contribution < -0.4 is 0 Å². The summed E-state index contributed by atoms with van der Waals surface area (Å²) >= 11 is 0. The average molecular weight is 789 g/mol. The van der Waals surface area contributed by atoms with Gasteiger partial charge in [0.25, 0.3) is 0 Å². The smallest absolute Gasteiger partial charge is 0.336 e. The van der Waals surface area contributed by atoms with Crippen molar-refractivity contribution < 1.29 is 69.6 Å². The van der Waals surface area contributed by atoms with Crippen molar-refractivity contribution in [3.8, 4) is 0 Å². The fourth-order valence-corrected chi connectivity index (χ4v) is 1.43. The molecule has 0 heterocycles. The Balaban J connectivity index is -0.0000000505. The molecule has 0 saturated heterocycles. The second-order valence-corrected chi connectivity index (χ2v) is 4.96. The maximum absolute atomic E-state index is 10.3. The second kappa shape index (κ2) is 29.8. The standard InChI is InChI=1S/2C6H8O7.Bi.5K/c2*7-3(8)1-6(13,5(11)12)2-4(9)10;;;;;;/h2*13H,1-2H2,(H,7,8)(H,9,10)(H,11,12);;;;;;. The number of hydrogen-bond acceptors (Lipinski definition) is 8. The van der Waals surface area contributed by atoms with E-state index in [1.807, 2.05) is 0 Å². The third kappa shape index (κ3) is 30.3. The van der Waals surface area contributed by atoms with Gasteiger partial charge in [-0.25, -0.2) is 9.59 Å². The molecule has 32 heavy (non-hydrogen) atoms. The molecule has 8 radical (unpaired) electrons. The van der Waals surface area contributed by atoms with E-state index in [2.05, 4.69) is 0 Å². The van der Waals surface area contributed by atoms with E-state index in [4.69, 9.17) is 40.9 Å². The van der Waals surface area contributed by atoms with Gasteiger partial charge in [0.15, 0.2) is 11.2 Å². The molecule has 0 aromatic rings. The topological polar surface area (TPSA) is 264 Å². The molecule has 158 valence electrons. The van der Waals surface area contributed by atoms with E-state index in [1.165, 1.54) is 0 Å². The Morgan fingerprint density at radius 2 is 0.562 bits per heavy atom. The van der Waals surface area contributed by atoms with Crippen LogP contribution in [0.3, 0.4) is 0 Å². The van der Waals surface area contributed by atoms with E-state index in [-0.39, 0.29) is 283 Å². The van der Waals surface area contributed by atoms with Crippen molar-refractivity contribution in [1.29, 1.82) is 0 Å². The molecule has 14 nitrogen and oxygen atoms in total. The third-order valence-electron chi connectivity index (χ3n) is 2.57. The monoisotopic (exact) mass is 788 g/mol. The minimum Gasteiger partial charge on any atom is -0.481 e. The first kappa shape index (κ1) is 57.6. The van der Waals surface area contributed by atoms with Crippen LogP contribution in [0.5, 0.6) is 0 Å². The Labute approximate surface area is 413 Å². The molecule has 0 spiro atoms.